The fraction of sp³-hybridized carbons (Fsp3) is 0.797. The number of carbonyl (C=O) groups excluding carboxylic acids is 2. The second-order valence-electron chi connectivity index (χ2n) is 26.7. The quantitative estimate of drug-likeness (QED) is 0.0211. The number of hydrogen-bond acceptors (Lipinski definition) is 7. The topological polar surface area (TPSA) is 108 Å². The van der Waals surface area contributed by atoms with Crippen LogP contribution in [-0.2, 0) is 32.7 Å². The van der Waals surface area contributed by atoms with E-state index in [4.69, 9.17) is 18.5 Å². The molecular weight excluding hydrogens is 1120 g/mol. The van der Waals surface area contributed by atoms with Gasteiger partial charge in [-0.1, -0.05) is 356 Å². The van der Waals surface area contributed by atoms with Crippen molar-refractivity contribution < 1.29 is 42.1 Å². The second-order valence-corrected chi connectivity index (χ2v) is 28.1. The molecule has 9 nitrogen and oxygen atoms in total. The lowest BCUT2D eigenvalue weighted by molar-refractivity contribution is -0.870. The molecule has 0 heterocycles. The molecule has 0 amide bonds. The number of quaternary nitrogens is 1. The van der Waals surface area contributed by atoms with E-state index < -0.39 is 26.5 Å². The highest BCUT2D eigenvalue weighted by Crippen LogP contribution is 2.43. The van der Waals surface area contributed by atoms with Crippen molar-refractivity contribution in [3.63, 3.8) is 0 Å². The van der Waals surface area contributed by atoms with Crippen LogP contribution >= 0.6 is 7.82 Å². The Bertz CT molecular complexity index is 1780. The number of carbonyl (C=O) groups is 2. The van der Waals surface area contributed by atoms with Crippen LogP contribution in [0.1, 0.15) is 354 Å². The SMILES string of the molecule is CC/C=C\C/C=C\C/C=C\C/C=C\C/C=C\C/C=C\C/C=C\CCCCCCCCCC(=O)OC(COC(=O)CCCCCCCCCCCCCCCCCCCCCCCCCCCCCCCCCCCCCC)COP(=O)(O)OCC[N+](C)(C)C. The van der Waals surface area contributed by atoms with Gasteiger partial charge in [-0.2, -0.15) is 0 Å². The summed E-state index contributed by atoms with van der Waals surface area (Å²) < 4.78 is 34.8. The van der Waals surface area contributed by atoms with Crippen molar-refractivity contribution in [2.75, 3.05) is 47.5 Å². The van der Waals surface area contributed by atoms with E-state index in [0.717, 1.165) is 89.9 Å². The van der Waals surface area contributed by atoms with E-state index in [2.05, 4.69) is 98.9 Å². The number of rotatable bonds is 70. The lowest BCUT2D eigenvalue weighted by Crippen LogP contribution is -2.37. The summed E-state index contributed by atoms with van der Waals surface area (Å²) in [4.78, 5) is 35.9. The summed E-state index contributed by atoms with van der Waals surface area (Å²) in [5, 5.41) is 0. The summed E-state index contributed by atoms with van der Waals surface area (Å²) in [6, 6.07) is 0. The number of nitrogens with zero attached hydrogens (tertiary/aromatic N) is 1. The van der Waals surface area contributed by atoms with Crippen LogP contribution in [0.15, 0.2) is 85.1 Å². The first-order valence-corrected chi connectivity index (χ1v) is 39.3. The maximum Gasteiger partial charge on any atom is 0.472 e. The summed E-state index contributed by atoms with van der Waals surface area (Å²) >= 11 is 0. The third-order valence-corrected chi connectivity index (χ3v) is 17.7. The van der Waals surface area contributed by atoms with Gasteiger partial charge in [0.05, 0.1) is 27.7 Å². The zero-order chi connectivity index (χ0) is 64.8. The Morgan fingerprint density at radius 1 is 0.360 bits per heavy atom. The van der Waals surface area contributed by atoms with Gasteiger partial charge in [-0.25, -0.2) is 4.57 Å². The van der Waals surface area contributed by atoms with Crippen molar-refractivity contribution in [1.82, 2.24) is 0 Å². The average Bonchev–Trinajstić information content (AvgIpc) is 3.60. The number of esters is 2. The van der Waals surface area contributed by atoms with Crippen LogP contribution in [0.4, 0.5) is 0 Å². The minimum Gasteiger partial charge on any atom is -0.462 e. The molecule has 89 heavy (non-hydrogen) atoms. The Balaban J connectivity index is 3.99. The average molecular weight is 1270 g/mol. The Hall–Kier alpha value is -2.81. The van der Waals surface area contributed by atoms with Crippen LogP contribution in [0.3, 0.4) is 0 Å². The standard InChI is InChI=1S/C79H144NO8P/c1-6-8-10-12-14-16-18-20-22-24-26-28-30-32-34-36-37-38-39-40-41-42-44-45-47-49-51-53-55-57-59-61-63-65-67-69-71-78(81)85-75-77(76-87-89(83,84)86-74-73-80(3,4)5)88-79(82)72-70-68-66-64-62-60-58-56-54-52-50-48-46-43-35-33-31-29-27-25-23-21-19-17-15-13-11-9-7-2/h9,11,15,17,21,23,27,29,33,35,46,48,52,54,77H,6-8,10,12-14,16,18-20,22,24-26,28,30-32,34,36-45,47,49-51,53,55-76H2,1-5H3/p+1/b11-9-,17-15-,23-21-,29-27-,35-33-,48-46-,54-52-. The van der Waals surface area contributed by atoms with Gasteiger partial charge in [0.2, 0.25) is 0 Å². The van der Waals surface area contributed by atoms with Gasteiger partial charge in [-0.15, -0.1) is 0 Å². The van der Waals surface area contributed by atoms with Gasteiger partial charge in [0.15, 0.2) is 6.10 Å². The molecule has 0 aliphatic carbocycles. The molecule has 0 spiro atoms. The van der Waals surface area contributed by atoms with Gasteiger partial charge in [0, 0.05) is 12.8 Å². The number of phosphoric ester groups is 1. The predicted molar refractivity (Wildman–Crippen MR) is 385 cm³/mol. The van der Waals surface area contributed by atoms with E-state index in [0.29, 0.717) is 17.4 Å². The molecule has 1 N–H and O–H groups in total. The van der Waals surface area contributed by atoms with Crippen LogP contribution in [0.5, 0.6) is 0 Å². The predicted octanol–water partition coefficient (Wildman–Crippen LogP) is 24.9. The number of hydrogen-bond donors (Lipinski definition) is 1. The fourth-order valence-corrected chi connectivity index (χ4v) is 11.7. The van der Waals surface area contributed by atoms with Gasteiger partial charge in [-0.3, -0.25) is 18.6 Å². The molecule has 0 radical (unpaired) electrons. The highest BCUT2D eigenvalue weighted by Gasteiger charge is 2.27. The Kier molecular flexibility index (Phi) is 67.3. The zero-order valence-corrected chi connectivity index (χ0v) is 60.1. The van der Waals surface area contributed by atoms with E-state index >= 15 is 0 Å². The smallest absolute Gasteiger partial charge is 0.462 e. The van der Waals surface area contributed by atoms with Crippen molar-refractivity contribution in [1.29, 1.82) is 0 Å². The molecule has 0 aromatic rings. The Morgan fingerprint density at radius 2 is 0.640 bits per heavy atom. The van der Waals surface area contributed by atoms with E-state index in [1.54, 1.807) is 0 Å². The molecule has 0 rings (SSSR count). The number of ether oxygens (including phenoxy) is 2. The fourth-order valence-electron chi connectivity index (χ4n) is 10.9. The van der Waals surface area contributed by atoms with Crippen molar-refractivity contribution in [3.8, 4) is 0 Å². The number of unbranched alkanes of at least 4 members (excludes halogenated alkanes) is 42. The summed E-state index contributed by atoms with van der Waals surface area (Å²) in [5.74, 6) is -0.800. The third kappa shape index (κ3) is 74.1. The molecule has 0 fully saturated rings. The molecule has 0 aliphatic heterocycles. The lowest BCUT2D eigenvalue weighted by atomic mass is 10.0. The second kappa shape index (κ2) is 69.5. The molecule has 0 saturated heterocycles. The number of likely N-dealkylation sites (N-methyl/N-ethyl adjacent to an activating group) is 1. The summed E-state index contributed by atoms with van der Waals surface area (Å²) in [6.45, 7) is 4.35. The maximum absolute atomic E-state index is 12.9. The molecule has 0 aliphatic rings. The van der Waals surface area contributed by atoms with Crippen molar-refractivity contribution in [2.24, 2.45) is 0 Å². The van der Waals surface area contributed by atoms with E-state index in [1.807, 2.05) is 21.1 Å². The Morgan fingerprint density at radius 3 is 0.955 bits per heavy atom. The van der Waals surface area contributed by atoms with Crippen LogP contribution in [0, 0.1) is 0 Å². The zero-order valence-electron chi connectivity index (χ0n) is 59.2. The summed E-state index contributed by atoms with van der Waals surface area (Å²) in [6.07, 6.45) is 95.8. The molecule has 0 aromatic heterocycles. The van der Waals surface area contributed by atoms with Gasteiger partial charge in [0.1, 0.15) is 19.8 Å². The minimum atomic E-state index is -4.40. The molecule has 0 bridgehead atoms. The van der Waals surface area contributed by atoms with Crippen molar-refractivity contribution in [3.05, 3.63) is 85.1 Å². The monoisotopic (exact) mass is 1270 g/mol. The first-order chi connectivity index (χ1) is 43.5. The first-order valence-electron chi connectivity index (χ1n) is 37.8. The highest BCUT2D eigenvalue weighted by molar-refractivity contribution is 7.47. The third-order valence-electron chi connectivity index (χ3n) is 16.7. The molecule has 0 aromatic carbocycles. The van der Waals surface area contributed by atoms with Gasteiger partial charge in [-0.05, 0) is 70.6 Å². The minimum absolute atomic E-state index is 0.0271. The molecule has 0 saturated carbocycles. The maximum atomic E-state index is 12.9. The van der Waals surface area contributed by atoms with Crippen LogP contribution < -0.4 is 0 Å². The summed E-state index contributed by atoms with van der Waals surface area (Å²) in [5.41, 5.74) is 0. The largest absolute Gasteiger partial charge is 0.472 e. The normalized spacial score (nSPS) is 13.6. The molecule has 2 unspecified atom stereocenters. The van der Waals surface area contributed by atoms with Crippen molar-refractivity contribution >= 4 is 19.8 Å². The van der Waals surface area contributed by atoms with E-state index in [9.17, 15) is 19.0 Å². The molecule has 10 heteroatoms. The molecule has 518 valence electrons. The number of phosphoric acid groups is 1. The van der Waals surface area contributed by atoms with Crippen molar-refractivity contribution in [2.45, 2.75) is 360 Å². The van der Waals surface area contributed by atoms with Gasteiger partial charge >= 0.3 is 19.8 Å². The Labute approximate surface area is 551 Å². The van der Waals surface area contributed by atoms with Gasteiger partial charge < -0.3 is 18.9 Å². The number of allylic oxidation sites excluding steroid dienone is 14. The van der Waals surface area contributed by atoms with Gasteiger partial charge in [0.25, 0.3) is 0 Å². The van der Waals surface area contributed by atoms with Crippen LogP contribution in [0.25, 0.3) is 0 Å². The molecule has 2 atom stereocenters. The van der Waals surface area contributed by atoms with E-state index in [1.165, 1.54) is 231 Å². The molecular formula is C79H145NO8P+. The summed E-state index contributed by atoms with van der Waals surface area (Å²) in [7, 11) is 1.47. The van der Waals surface area contributed by atoms with E-state index in [-0.39, 0.29) is 32.0 Å². The first kappa shape index (κ1) is 86.2. The lowest BCUT2D eigenvalue weighted by Gasteiger charge is -2.24. The van der Waals surface area contributed by atoms with Crippen LogP contribution in [0.2, 0.25) is 0 Å². The van der Waals surface area contributed by atoms with Crippen LogP contribution in [-0.4, -0.2) is 74.9 Å². The highest BCUT2D eigenvalue weighted by atomic mass is 31.2.